The molecular weight excluding hydrogens is 474 g/mol. The van der Waals surface area contributed by atoms with Crippen molar-refractivity contribution in [2.75, 3.05) is 13.1 Å². The fourth-order valence-corrected chi connectivity index (χ4v) is 4.40. The highest BCUT2D eigenvalue weighted by atomic mass is 16.5. The van der Waals surface area contributed by atoms with Crippen LogP contribution in [-0.4, -0.2) is 35.0 Å². The molecule has 1 amide bonds. The van der Waals surface area contributed by atoms with E-state index in [1.54, 1.807) is 6.07 Å². The second-order valence-corrected chi connectivity index (χ2v) is 9.38. The smallest absolute Gasteiger partial charge is 0.303 e. The number of aryl methyl sites for hydroxylation is 2. The second kappa shape index (κ2) is 13.2. The monoisotopic (exact) mass is 507 g/mol. The van der Waals surface area contributed by atoms with Gasteiger partial charge in [-0.05, 0) is 78.8 Å². The number of nitrogens with zero attached hydrogens (tertiary/aromatic N) is 1. The molecule has 38 heavy (non-hydrogen) atoms. The Bertz CT molecular complexity index is 1310. The molecule has 0 saturated carbocycles. The lowest BCUT2D eigenvalue weighted by Crippen LogP contribution is -2.34. The van der Waals surface area contributed by atoms with Gasteiger partial charge in [0, 0.05) is 25.1 Å². The molecule has 0 fully saturated rings. The number of hydrogen-bond acceptors (Lipinski definition) is 3. The van der Waals surface area contributed by atoms with E-state index >= 15 is 0 Å². The van der Waals surface area contributed by atoms with E-state index in [0.29, 0.717) is 36.6 Å². The standard InChI is InChI=1S/C33H33NO4/c1-25-23-31(17-15-28(25)16-18-32(35)36)38-30-14-8-13-29(24-30)33(37)34(21-19-26-9-4-2-5-10-26)22-20-27-11-6-3-7-12-27/h2-15,17,23-24H,16,18-22H2,1H3,(H,35,36). The summed E-state index contributed by atoms with van der Waals surface area (Å²) in [5.41, 5.74) is 4.94. The van der Waals surface area contributed by atoms with Crippen molar-refractivity contribution in [3.05, 3.63) is 131 Å². The van der Waals surface area contributed by atoms with Crippen LogP contribution in [0.2, 0.25) is 0 Å². The molecule has 0 aliphatic rings. The number of carboxylic acid groups (broad SMARTS) is 1. The normalized spacial score (nSPS) is 10.7. The first-order valence-corrected chi connectivity index (χ1v) is 12.9. The summed E-state index contributed by atoms with van der Waals surface area (Å²) in [6.07, 6.45) is 2.14. The van der Waals surface area contributed by atoms with Crippen molar-refractivity contribution in [3.8, 4) is 11.5 Å². The Morgan fingerprint density at radius 1 is 0.711 bits per heavy atom. The van der Waals surface area contributed by atoms with Crippen molar-refractivity contribution in [1.82, 2.24) is 4.90 Å². The largest absolute Gasteiger partial charge is 0.481 e. The molecule has 0 unspecified atom stereocenters. The SMILES string of the molecule is Cc1cc(Oc2cccc(C(=O)N(CCc3ccccc3)CCc3ccccc3)c2)ccc1CCC(=O)O. The second-order valence-electron chi connectivity index (χ2n) is 9.38. The topological polar surface area (TPSA) is 66.8 Å². The number of benzene rings is 4. The van der Waals surface area contributed by atoms with Crippen LogP contribution in [0.3, 0.4) is 0 Å². The summed E-state index contributed by atoms with van der Waals surface area (Å²) in [6.45, 7) is 3.19. The predicted molar refractivity (Wildman–Crippen MR) is 150 cm³/mol. The molecule has 194 valence electrons. The number of carbonyl (C=O) groups is 2. The number of ether oxygens (including phenoxy) is 1. The van der Waals surface area contributed by atoms with Crippen molar-refractivity contribution in [1.29, 1.82) is 0 Å². The average molecular weight is 508 g/mol. The minimum Gasteiger partial charge on any atom is -0.481 e. The molecule has 1 N–H and O–H groups in total. The predicted octanol–water partition coefficient (Wildman–Crippen LogP) is 6.73. The van der Waals surface area contributed by atoms with Crippen molar-refractivity contribution in [3.63, 3.8) is 0 Å². The van der Waals surface area contributed by atoms with Crippen LogP contribution >= 0.6 is 0 Å². The Morgan fingerprint density at radius 3 is 1.89 bits per heavy atom. The third-order valence-corrected chi connectivity index (χ3v) is 6.55. The third-order valence-electron chi connectivity index (χ3n) is 6.55. The average Bonchev–Trinajstić information content (AvgIpc) is 2.93. The maximum absolute atomic E-state index is 13.6. The van der Waals surface area contributed by atoms with Gasteiger partial charge in [-0.25, -0.2) is 0 Å². The van der Waals surface area contributed by atoms with Crippen molar-refractivity contribution >= 4 is 11.9 Å². The number of hydrogen-bond donors (Lipinski definition) is 1. The van der Waals surface area contributed by atoms with Gasteiger partial charge in [-0.2, -0.15) is 0 Å². The summed E-state index contributed by atoms with van der Waals surface area (Å²) in [6, 6.07) is 33.3. The van der Waals surface area contributed by atoms with E-state index in [4.69, 9.17) is 9.84 Å². The highest BCUT2D eigenvalue weighted by Gasteiger charge is 2.17. The summed E-state index contributed by atoms with van der Waals surface area (Å²) in [7, 11) is 0. The zero-order chi connectivity index (χ0) is 26.7. The van der Waals surface area contributed by atoms with E-state index in [-0.39, 0.29) is 12.3 Å². The molecule has 0 bridgehead atoms. The fraction of sp³-hybridized carbons (Fsp3) is 0.212. The van der Waals surface area contributed by atoms with Crippen LogP contribution in [0.5, 0.6) is 11.5 Å². The van der Waals surface area contributed by atoms with Gasteiger partial charge in [-0.3, -0.25) is 9.59 Å². The minimum absolute atomic E-state index is 0.0255. The Morgan fingerprint density at radius 2 is 1.32 bits per heavy atom. The summed E-state index contributed by atoms with van der Waals surface area (Å²) in [4.78, 5) is 26.5. The van der Waals surface area contributed by atoms with Crippen LogP contribution < -0.4 is 4.74 Å². The Hall–Kier alpha value is -4.38. The van der Waals surface area contributed by atoms with E-state index in [9.17, 15) is 9.59 Å². The van der Waals surface area contributed by atoms with Crippen LogP contribution in [0.25, 0.3) is 0 Å². The number of aliphatic carboxylic acids is 1. The minimum atomic E-state index is -0.812. The molecule has 0 aliphatic carbocycles. The van der Waals surface area contributed by atoms with Gasteiger partial charge in [0.25, 0.3) is 5.91 Å². The molecule has 0 aromatic heterocycles. The Kier molecular flexibility index (Phi) is 9.30. The van der Waals surface area contributed by atoms with Crippen LogP contribution in [-0.2, 0) is 24.1 Å². The first-order valence-electron chi connectivity index (χ1n) is 12.9. The van der Waals surface area contributed by atoms with E-state index in [0.717, 1.165) is 24.0 Å². The first kappa shape index (κ1) is 26.7. The summed E-state index contributed by atoms with van der Waals surface area (Å²) in [5.74, 6) is 0.395. The Labute approximate surface area is 224 Å². The molecule has 5 heteroatoms. The molecule has 4 aromatic carbocycles. The summed E-state index contributed by atoms with van der Waals surface area (Å²) in [5, 5.41) is 8.95. The van der Waals surface area contributed by atoms with Crippen LogP contribution in [0.1, 0.15) is 39.0 Å². The summed E-state index contributed by atoms with van der Waals surface area (Å²) < 4.78 is 6.08. The quantitative estimate of drug-likeness (QED) is 0.231. The van der Waals surface area contributed by atoms with Crippen molar-refractivity contribution in [2.45, 2.75) is 32.6 Å². The number of amides is 1. The third kappa shape index (κ3) is 7.81. The van der Waals surface area contributed by atoms with Crippen molar-refractivity contribution < 1.29 is 19.4 Å². The number of carboxylic acids is 1. The highest BCUT2D eigenvalue weighted by molar-refractivity contribution is 5.94. The number of carbonyl (C=O) groups excluding carboxylic acids is 1. The van der Waals surface area contributed by atoms with Crippen molar-refractivity contribution in [2.24, 2.45) is 0 Å². The van der Waals surface area contributed by atoms with Crippen LogP contribution in [0.15, 0.2) is 103 Å². The lowest BCUT2D eigenvalue weighted by molar-refractivity contribution is -0.136. The van der Waals surface area contributed by atoms with Gasteiger partial charge in [-0.1, -0.05) is 72.8 Å². The van der Waals surface area contributed by atoms with E-state index < -0.39 is 5.97 Å². The van der Waals surface area contributed by atoms with E-state index in [1.807, 2.05) is 84.6 Å². The molecule has 0 radical (unpaired) electrons. The number of rotatable bonds is 12. The van der Waals surface area contributed by atoms with Gasteiger partial charge in [0.2, 0.25) is 0 Å². The lowest BCUT2D eigenvalue weighted by atomic mass is 10.0. The van der Waals surface area contributed by atoms with E-state index in [2.05, 4.69) is 24.3 Å². The first-order chi connectivity index (χ1) is 18.5. The lowest BCUT2D eigenvalue weighted by Gasteiger charge is -2.23. The molecular formula is C33H33NO4. The van der Waals surface area contributed by atoms with Gasteiger partial charge < -0.3 is 14.7 Å². The molecule has 5 nitrogen and oxygen atoms in total. The maximum Gasteiger partial charge on any atom is 0.303 e. The molecule has 0 heterocycles. The zero-order valence-electron chi connectivity index (χ0n) is 21.7. The molecule has 0 spiro atoms. The van der Waals surface area contributed by atoms with Gasteiger partial charge in [0.05, 0.1) is 0 Å². The fourth-order valence-electron chi connectivity index (χ4n) is 4.40. The molecule has 0 saturated heterocycles. The maximum atomic E-state index is 13.6. The Balaban J connectivity index is 1.47. The highest BCUT2D eigenvalue weighted by Crippen LogP contribution is 2.26. The van der Waals surface area contributed by atoms with Crippen LogP contribution in [0.4, 0.5) is 0 Å². The molecule has 0 aliphatic heterocycles. The molecule has 0 atom stereocenters. The zero-order valence-corrected chi connectivity index (χ0v) is 21.7. The van der Waals surface area contributed by atoms with E-state index in [1.165, 1.54) is 11.1 Å². The van der Waals surface area contributed by atoms with Crippen LogP contribution in [0, 0.1) is 6.92 Å². The van der Waals surface area contributed by atoms with Gasteiger partial charge in [-0.15, -0.1) is 0 Å². The van der Waals surface area contributed by atoms with Gasteiger partial charge in [0.1, 0.15) is 11.5 Å². The van der Waals surface area contributed by atoms with Gasteiger partial charge >= 0.3 is 5.97 Å². The molecule has 4 rings (SSSR count). The molecule has 4 aromatic rings. The summed E-state index contributed by atoms with van der Waals surface area (Å²) >= 11 is 0. The van der Waals surface area contributed by atoms with Gasteiger partial charge in [0.15, 0.2) is 0 Å².